The van der Waals surface area contributed by atoms with Gasteiger partial charge in [-0.2, -0.15) is 0 Å². The molecular weight excluding hydrogens is 440 g/mol. The lowest BCUT2D eigenvalue weighted by Gasteiger charge is -2.32. The molecule has 0 aliphatic carbocycles. The molecule has 178 valence electrons. The molecule has 4 nitrogen and oxygen atoms in total. The zero-order chi connectivity index (χ0) is 24.5. The Hall–Kier alpha value is -3.05. The van der Waals surface area contributed by atoms with Gasteiger partial charge in [0.2, 0.25) is 11.8 Å². The summed E-state index contributed by atoms with van der Waals surface area (Å²) in [4.78, 5) is 29.7. The average molecular weight is 475 g/mol. The number of nitrogens with zero attached hydrogens (tertiary/aromatic N) is 1. The molecule has 0 heterocycles. The van der Waals surface area contributed by atoms with Crippen molar-refractivity contribution in [3.8, 4) is 0 Å². The minimum atomic E-state index is -0.600. The van der Waals surface area contributed by atoms with Crippen molar-refractivity contribution < 1.29 is 9.59 Å². The third-order valence-electron chi connectivity index (χ3n) is 5.56. The smallest absolute Gasteiger partial charge is 0.243 e. The van der Waals surface area contributed by atoms with Crippen LogP contribution in [0.2, 0.25) is 0 Å². The molecule has 0 fully saturated rings. The van der Waals surface area contributed by atoms with Crippen LogP contribution in [0.15, 0.2) is 83.8 Å². The van der Waals surface area contributed by atoms with E-state index >= 15 is 0 Å². The lowest BCUT2D eigenvalue weighted by molar-refractivity contribution is -0.139. The highest BCUT2D eigenvalue weighted by Crippen LogP contribution is 2.22. The Morgan fingerprint density at radius 2 is 1.41 bits per heavy atom. The van der Waals surface area contributed by atoms with Gasteiger partial charge in [0.25, 0.3) is 0 Å². The first-order chi connectivity index (χ1) is 16.3. The number of amides is 2. The number of hydrogen-bond donors (Lipinski definition) is 1. The minimum Gasteiger partial charge on any atom is -0.352 e. The second kappa shape index (κ2) is 12.4. The molecule has 0 spiro atoms. The van der Waals surface area contributed by atoms with E-state index in [4.69, 9.17) is 0 Å². The van der Waals surface area contributed by atoms with Gasteiger partial charge in [-0.25, -0.2) is 0 Å². The van der Waals surface area contributed by atoms with E-state index in [1.54, 1.807) is 4.90 Å². The van der Waals surface area contributed by atoms with Crippen LogP contribution in [0.25, 0.3) is 0 Å². The molecule has 3 rings (SSSR count). The molecule has 0 bridgehead atoms. The van der Waals surface area contributed by atoms with Crippen LogP contribution in [0.4, 0.5) is 0 Å². The molecule has 0 saturated heterocycles. The van der Waals surface area contributed by atoms with Gasteiger partial charge in [0.1, 0.15) is 6.04 Å². The second-order valence-corrected chi connectivity index (χ2v) is 10.0. The van der Waals surface area contributed by atoms with Crippen molar-refractivity contribution in [1.82, 2.24) is 10.2 Å². The maximum Gasteiger partial charge on any atom is 0.243 e. The SMILES string of the molecule is Cc1ccc(CN(C(=O)CSc2ccc(C)cc2)[C@H](Cc2ccccc2)C(=O)NC(C)C)cc1. The van der Waals surface area contributed by atoms with Crippen LogP contribution in [0, 0.1) is 13.8 Å². The minimum absolute atomic E-state index is 0.0102. The van der Waals surface area contributed by atoms with E-state index < -0.39 is 6.04 Å². The lowest BCUT2D eigenvalue weighted by Crippen LogP contribution is -2.52. The van der Waals surface area contributed by atoms with Crippen molar-refractivity contribution >= 4 is 23.6 Å². The molecule has 0 aromatic heterocycles. The molecule has 2 amide bonds. The number of carbonyl (C=O) groups excluding carboxylic acids is 2. The van der Waals surface area contributed by atoms with Gasteiger partial charge in [0.05, 0.1) is 5.75 Å². The Morgan fingerprint density at radius 3 is 2.00 bits per heavy atom. The van der Waals surface area contributed by atoms with Crippen molar-refractivity contribution in [3.63, 3.8) is 0 Å². The Morgan fingerprint density at radius 1 is 0.824 bits per heavy atom. The second-order valence-electron chi connectivity index (χ2n) is 8.98. The molecule has 0 aliphatic rings. The van der Waals surface area contributed by atoms with E-state index in [0.717, 1.165) is 21.6 Å². The van der Waals surface area contributed by atoms with Gasteiger partial charge in [-0.1, -0.05) is 77.9 Å². The zero-order valence-corrected chi connectivity index (χ0v) is 21.3. The number of benzene rings is 3. The third-order valence-corrected chi connectivity index (χ3v) is 6.56. The van der Waals surface area contributed by atoms with Crippen molar-refractivity contribution in [2.75, 3.05) is 5.75 Å². The molecule has 3 aromatic carbocycles. The number of rotatable bonds is 10. The van der Waals surface area contributed by atoms with Crippen LogP contribution in [-0.4, -0.2) is 34.6 Å². The van der Waals surface area contributed by atoms with E-state index in [9.17, 15) is 9.59 Å². The number of hydrogen-bond acceptors (Lipinski definition) is 3. The summed E-state index contributed by atoms with van der Waals surface area (Å²) in [6.07, 6.45) is 0.464. The fraction of sp³-hybridized carbons (Fsp3) is 0.310. The fourth-order valence-corrected chi connectivity index (χ4v) is 4.47. The first-order valence-electron chi connectivity index (χ1n) is 11.7. The van der Waals surface area contributed by atoms with Gasteiger partial charge in [0, 0.05) is 23.9 Å². The molecule has 0 radical (unpaired) electrons. The molecule has 0 unspecified atom stereocenters. The summed E-state index contributed by atoms with van der Waals surface area (Å²) in [5.41, 5.74) is 4.38. The molecule has 34 heavy (non-hydrogen) atoms. The van der Waals surface area contributed by atoms with Crippen LogP contribution in [0.1, 0.15) is 36.1 Å². The topological polar surface area (TPSA) is 49.4 Å². The van der Waals surface area contributed by atoms with Crippen LogP contribution >= 0.6 is 11.8 Å². The summed E-state index contributed by atoms with van der Waals surface area (Å²) in [6, 6.07) is 25.6. The summed E-state index contributed by atoms with van der Waals surface area (Å²) in [7, 11) is 0. The van der Waals surface area contributed by atoms with Crippen molar-refractivity contribution in [2.45, 2.75) is 57.6 Å². The largest absolute Gasteiger partial charge is 0.352 e. The van der Waals surface area contributed by atoms with Gasteiger partial charge < -0.3 is 10.2 Å². The monoisotopic (exact) mass is 474 g/mol. The highest BCUT2D eigenvalue weighted by molar-refractivity contribution is 8.00. The van der Waals surface area contributed by atoms with Gasteiger partial charge in [-0.3, -0.25) is 9.59 Å². The first-order valence-corrected chi connectivity index (χ1v) is 12.7. The normalized spacial score (nSPS) is 11.8. The maximum absolute atomic E-state index is 13.6. The Labute approximate surface area is 207 Å². The standard InChI is InChI=1S/C29H34N2O2S/c1-21(2)30-29(33)27(18-24-8-6-5-7-9-24)31(19-25-14-10-22(3)11-15-25)28(32)20-34-26-16-12-23(4)13-17-26/h5-17,21,27H,18-20H2,1-4H3,(H,30,33)/t27-/m1/s1. The molecule has 1 N–H and O–H groups in total. The first kappa shape index (κ1) is 25.6. The van der Waals surface area contributed by atoms with Crippen LogP contribution in [0.5, 0.6) is 0 Å². The van der Waals surface area contributed by atoms with Gasteiger partial charge >= 0.3 is 0 Å². The van der Waals surface area contributed by atoms with Gasteiger partial charge in [-0.15, -0.1) is 11.8 Å². The Kier molecular flexibility index (Phi) is 9.34. The number of thioether (sulfide) groups is 1. The van der Waals surface area contributed by atoms with Crippen LogP contribution < -0.4 is 5.32 Å². The average Bonchev–Trinajstić information content (AvgIpc) is 2.82. The molecule has 5 heteroatoms. The zero-order valence-electron chi connectivity index (χ0n) is 20.5. The van der Waals surface area contributed by atoms with Crippen molar-refractivity contribution in [1.29, 1.82) is 0 Å². The molecule has 1 atom stereocenters. The predicted octanol–water partition coefficient (Wildman–Crippen LogP) is 5.56. The number of aryl methyl sites for hydroxylation is 2. The maximum atomic E-state index is 13.6. The van der Waals surface area contributed by atoms with E-state index in [1.807, 2.05) is 107 Å². The van der Waals surface area contributed by atoms with Crippen LogP contribution in [-0.2, 0) is 22.6 Å². The van der Waals surface area contributed by atoms with Gasteiger partial charge in [-0.05, 0) is 51.0 Å². The van der Waals surface area contributed by atoms with E-state index in [-0.39, 0.29) is 23.6 Å². The van der Waals surface area contributed by atoms with E-state index in [2.05, 4.69) is 5.32 Å². The summed E-state index contributed by atoms with van der Waals surface area (Å²) in [6.45, 7) is 8.36. The quantitative estimate of drug-likeness (QED) is 0.391. The lowest BCUT2D eigenvalue weighted by atomic mass is 10.0. The fourth-order valence-electron chi connectivity index (χ4n) is 3.69. The molecule has 0 aliphatic heterocycles. The summed E-state index contributed by atoms with van der Waals surface area (Å²) < 4.78 is 0. The number of nitrogens with one attached hydrogen (secondary N) is 1. The predicted molar refractivity (Wildman–Crippen MR) is 141 cm³/mol. The summed E-state index contributed by atoms with van der Waals surface area (Å²) in [5.74, 6) is 0.0977. The number of carbonyl (C=O) groups is 2. The molecular formula is C29H34N2O2S. The Bertz CT molecular complexity index is 1060. The highest BCUT2D eigenvalue weighted by atomic mass is 32.2. The van der Waals surface area contributed by atoms with Crippen molar-refractivity contribution in [2.24, 2.45) is 0 Å². The molecule has 3 aromatic rings. The summed E-state index contributed by atoms with van der Waals surface area (Å²) in [5, 5.41) is 3.03. The van der Waals surface area contributed by atoms with E-state index in [0.29, 0.717) is 13.0 Å². The summed E-state index contributed by atoms with van der Waals surface area (Å²) >= 11 is 1.50. The molecule has 0 saturated carbocycles. The Balaban J connectivity index is 1.89. The highest BCUT2D eigenvalue weighted by Gasteiger charge is 2.30. The van der Waals surface area contributed by atoms with Crippen molar-refractivity contribution in [3.05, 3.63) is 101 Å². The van der Waals surface area contributed by atoms with E-state index in [1.165, 1.54) is 17.3 Å². The van der Waals surface area contributed by atoms with Crippen LogP contribution in [0.3, 0.4) is 0 Å². The third kappa shape index (κ3) is 7.77. The van der Waals surface area contributed by atoms with Gasteiger partial charge in [0.15, 0.2) is 0 Å².